The first kappa shape index (κ1) is 24.3. The van der Waals surface area contributed by atoms with Crippen molar-refractivity contribution in [1.82, 2.24) is 0 Å². The van der Waals surface area contributed by atoms with Crippen LogP contribution in [-0.2, 0) is 0 Å². The number of hydrogen-bond donors (Lipinski definition) is 0. The van der Waals surface area contributed by atoms with Gasteiger partial charge >= 0.3 is 0 Å². The van der Waals surface area contributed by atoms with E-state index >= 15 is 0 Å². The van der Waals surface area contributed by atoms with Crippen LogP contribution in [0.1, 0.15) is 8.22 Å². The van der Waals surface area contributed by atoms with Gasteiger partial charge in [0.2, 0.25) is 0 Å². The molecule has 0 saturated heterocycles. The molecule has 0 spiro atoms. The standard InChI is InChI=1S/C52H32O/c1-2-14-34(15-3-1)50-42-19-8-10-21-44(42)51(45-22-11-9-20-43(45)50)46-30-29-40(38-17-6-7-18-39(38)46)47-23-12-24-48-41-28-27-37(32-49(41)53-52(47)48)36-26-25-33-13-4-5-16-35(33)31-36/h1-32H/i6D,7D,17D,18D,29D,30D. The molecule has 0 unspecified atom stereocenters. The van der Waals surface area contributed by atoms with Crippen LogP contribution in [-0.4, -0.2) is 0 Å². The third kappa shape index (κ3) is 4.64. The Morgan fingerprint density at radius 2 is 0.925 bits per heavy atom. The van der Waals surface area contributed by atoms with Crippen molar-refractivity contribution in [3.63, 3.8) is 0 Å². The number of hydrogen-bond acceptors (Lipinski definition) is 1. The summed E-state index contributed by atoms with van der Waals surface area (Å²) in [6.07, 6.45) is 0. The van der Waals surface area contributed by atoms with Crippen LogP contribution in [0.2, 0.25) is 0 Å². The molecule has 11 rings (SSSR count). The highest BCUT2D eigenvalue weighted by atomic mass is 16.3. The fraction of sp³-hybridized carbons (Fsp3) is 0. The van der Waals surface area contributed by atoms with Crippen molar-refractivity contribution in [2.24, 2.45) is 0 Å². The SMILES string of the molecule is [2H]c1c([2H])c([2H])c2c(-c3cccc4c3oc3cc(-c5ccc6ccccc6c5)ccc34)c([2H])c([2H])c(-c3c4ccccc4c(-c4ccccc4)c4ccccc34)c2c1[2H]. The van der Waals surface area contributed by atoms with Crippen LogP contribution in [0.15, 0.2) is 198 Å². The second-order valence-corrected chi connectivity index (χ2v) is 13.5. The summed E-state index contributed by atoms with van der Waals surface area (Å²) in [5, 5.41) is 7.87. The molecule has 1 nitrogen and oxygen atoms in total. The lowest BCUT2D eigenvalue weighted by atomic mass is 9.84. The number of benzene rings is 10. The van der Waals surface area contributed by atoms with Gasteiger partial charge in [-0.1, -0.05) is 176 Å². The molecule has 1 aromatic heterocycles. The summed E-state index contributed by atoms with van der Waals surface area (Å²) >= 11 is 0. The lowest BCUT2D eigenvalue weighted by molar-refractivity contribution is 0.670. The number of para-hydroxylation sites is 1. The third-order valence-electron chi connectivity index (χ3n) is 10.6. The second kappa shape index (κ2) is 11.8. The molecule has 0 radical (unpaired) electrons. The molecule has 10 aromatic carbocycles. The van der Waals surface area contributed by atoms with Gasteiger partial charge in [0, 0.05) is 16.3 Å². The Hall–Kier alpha value is -6.96. The fourth-order valence-electron chi connectivity index (χ4n) is 8.18. The first-order chi connectivity index (χ1) is 28.8. The lowest BCUT2D eigenvalue weighted by Crippen LogP contribution is -1.92. The van der Waals surface area contributed by atoms with Crippen LogP contribution in [0.3, 0.4) is 0 Å². The molecule has 0 amide bonds. The van der Waals surface area contributed by atoms with Gasteiger partial charge in [0.05, 0.1) is 8.22 Å². The van der Waals surface area contributed by atoms with E-state index in [1.165, 1.54) is 0 Å². The van der Waals surface area contributed by atoms with Crippen molar-refractivity contribution in [3.05, 3.63) is 194 Å². The van der Waals surface area contributed by atoms with E-state index < -0.39 is 12.1 Å². The van der Waals surface area contributed by atoms with Crippen LogP contribution in [0, 0.1) is 0 Å². The molecule has 0 saturated carbocycles. The van der Waals surface area contributed by atoms with Gasteiger partial charge in [-0.05, 0) is 100 Å². The van der Waals surface area contributed by atoms with Gasteiger partial charge in [-0.15, -0.1) is 0 Å². The minimum absolute atomic E-state index is 0.132. The minimum atomic E-state index is -0.405. The maximum absolute atomic E-state index is 9.89. The van der Waals surface area contributed by atoms with Crippen molar-refractivity contribution in [1.29, 1.82) is 0 Å². The van der Waals surface area contributed by atoms with E-state index in [9.17, 15) is 5.48 Å². The molecule has 0 bridgehead atoms. The largest absolute Gasteiger partial charge is 0.455 e. The van der Waals surface area contributed by atoms with E-state index in [0.29, 0.717) is 27.9 Å². The zero-order valence-corrected chi connectivity index (χ0v) is 28.4. The summed E-state index contributed by atoms with van der Waals surface area (Å²) in [5.74, 6) is 0. The van der Waals surface area contributed by atoms with Crippen molar-refractivity contribution >= 4 is 65.0 Å². The zero-order chi connectivity index (χ0) is 40.1. The molecule has 0 N–H and O–H groups in total. The summed E-state index contributed by atoms with van der Waals surface area (Å²) in [7, 11) is 0. The smallest absolute Gasteiger partial charge is 0.143 e. The molecular weight excluding hydrogens is 641 g/mol. The first-order valence-electron chi connectivity index (χ1n) is 20.8. The second-order valence-electron chi connectivity index (χ2n) is 13.5. The zero-order valence-electron chi connectivity index (χ0n) is 34.4. The van der Waals surface area contributed by atoms with E-state index in [4.69, 9.17) is 7.16 Å². The van der Waals surface area contributed by atoms with Crippen molar-refractivity contribution in [3.8, 4) is 44.5 Å². The molecule has 0 atom stereocenters. The van der Waals surface area contributed by atoms with Crippen LogP contribution in [0.5, 0.6) is 0 Å². The average molecular weight is 679 g/mol. The summed E-state index contributed by atoms with van der Waals surface area (Å²) in [5.41, 5.74) is 6.89. The van der Waals surface area contributed by atoms with Crippen molar-refractivity contribution in [2.45, 2.75) is 0 Å². The molecule has 0 aliphatic heterocycles. The molecule has 11 aromatic rings. The highest BCUT2D eigenvalue weighted by Gasteiger charge is 2.20. The van der Waals surface area contributed by atoms with E-state index in [0.717, 1.165) is 65.3 Å². The molecule has 0 aliphatic carbocycles. The monoisotopic (exact) mass is 678 g/mol. The molecule has 246 valence electrons. The Morgan fingerprint density at radius 3 is 1.68 bits per heavy atom. The van der Waals surface area contributed by atoms with Gasteiger partial charge in [0.1, 0.15) is 11.2 Å². The molecular formula is C52H32O. The minimum Gasteiger partial charge on any atom is -0.455 e. The predicted octanol–water partition coefficient (Wildman–Crippen LogP) is 14.9. The predicted molar refractivity (Wildman–Crippen MR) is 225 cm³/mol. The Balaban J connectivity index is 1.22. The van der Waals surface area contributed by atoms with Crippen molar-refractivity contribution < 1.29 is 12.6 Å². The van der Waals surface area contributed by atoms with Gasteiger partial charge in [0.15, 0.2) is 0 Å². The molecule has 53 heavy (non-hydrogen) atoms. The van der Waals surface area contributed by atoms with Crippen LogP contribution in [0.4, 0.5) is 0 Å². The Bertz CT molecular complexity index is 3510. The number of furan rings is 1. The quantitative estimate of drug-likeness (QED) is 0.169. The summed E-state index contributed by atoms with van der Waals surface area (Å²) in [6.45, 7) is 0. The van der Waals surface area contributed by atoms with E-state index in [1.54, 1.807) is 0 Å². The van der Waals surface area contributed by atoms with Crippen LogP contribution >= 0.6 is 0 Å². The van der Waals surface area contributed by atoms with E-state index in [1.807, 2.05) is 97.1 Å². The summed E-state index contributed by atoms with van der Waals surface area (Å²) < 4.78 is 63.2. The van der Waals surface area contributed by atoms with Gasteiger partial charge < -0.3 is 4.42 Å². The normalized spacial score (nSPS) is 13.4. The Kier molecular flexibility index (Phi) is 5.40. The average Bonchev–Trinajstić information content (AvgIpc) is 3.66. The molecule has 1 heteroatoms. The summed E-state index contributed by atoms with van der Waals surface area (Å²) in [4.78, 5) is 0. The first-order valence-corrected chi connectivity index (χ1v) is 17.8. The van der Waals surface area contributed by atoms with Crippen molar-refractivity contribution in [2.75, 3.05) is 0 Å². The van der Waals surface area contributed by atoms with Crippen LogP contribution in [0.25, 0.3) is 110 Å². The van der Waals surface area contributed by atoms with Gasteiger partial charge in [0.25, 0.3) is 0 Å². The highest BCUT2D eigenvalue weighted by molar-refractivity contribution is 6.24. The maximum atomic E-state index is 9.89. The topological polar surface area (TPSA) is 13.1 Å². The Labute approximate surface area is 315 Å². The fourth-order valence-corrected chi connectivity index (χ4v) is 8.18. The van der Waals surface area contributed by atoms with E-state index in [-0.39, 0.29) is 40.5 Å². The van der Waals surface area contributed by atoms with Gasteiger partial charge in [-0.25, -0.2) is 0 Å². The van der Waals surface area contributed by atoms with E-state index in [2.05, 4.69) is 60.7 Å². The molecule has 1 heterocycles. The maximum Gasteiger partial charge on any atom is 0.143 e. The Morgan fingerprint density at radius 1 is 0.340 bits per heavy atom. The molecule has 0 aliphatic rings. The summed E-state index contributed by atoms with van der Waals surface area (Å²) in [6, 6.07) is 50.9. The lowest BCUT2D eigenvalue weighted by Gasteiger charge is -2.19. The molecule has 0 fully saturated rings. The number of fused-ring (bicyclic) bond motifs is 7. The van der Waals surface area contributed by atoms with Crippen LogP contribution < -0.4 is 0 Å². The number of rotatable bonds is 4. The highest BCUT2D eigenvalue weighted by Crippen LogP contribution is 2.47. The third-order valence-corrected chi connectivity index (χ3v) is 10.6. The van der Waals surface area contributed by atoms with Gasteiger partial charge in [-0.3, -0.25) is 0 Å². The van der Waals surface area contributed by atoms with Gasteiger partial charge in [-0.2, -0.15) is 0 Å².